The maximum atomic E-state index is 12.7. The number of halogens is 4. The first-order chi connectivity index (χ1) is 19.1. The number of carbonyl (C=O) groups excluding carboxylic acids is 2. The minimum atomic E-state index is -4.88. The molecule has 1 fully saturated rings. The Labute approximate surface area is 241 Å². The minimum absolute atomic E-state index is 0.0382. The second-order valence-corrected chi connectivity index (χ2v) is 9.62. The third kappa shape index (κ3) is 7.11. The molecule has 2 aromatic carbocycles. The van der Waals surface area contributed by atoms with Crippen LogP contribution in [0.4, 0.5) is 36.2 Å². The van der Waals surface area contributed by atoms with E-state index in [1.807, 2.05) is 27.5 Å². The molecule has 2 N–H and O–H groups in total. The fourth-order valence-corrected chi connectivity index (χ4v) is 4.24. The number of hydrogen-bond acceptors (Lipinski definition) is 8. The fourth-order valence-electron chi connectivity index (χ4n) is 3.87. The fraction of sp³-hybridized carbons (Fsp3) is 0.231. The van der Waals surface area contributed by atoms with E-state index in [0.717, 1.165) is 10.6 Å². The molecule has 0 atom stereocenters. The summed E-state index contributed by atoms with van der Waals surface area (Å²) in [5.74, 6) is -0.745. The van der Waals surface area contributed by atoms with Gasteiger partial charge in [-0.05, 0) is 52.9 Å². The standard InChI is InChI=1S/C26H24F3IN6O4/c1-3-22(37)32-16-5-4-6-18(13-16)40-23-19(30)15-31-25(34-23)33-20-8-7-17(14-21(20)39-2)35-9-11-36(12-10-35)24(38)26(27,28)29/h3-8,13-15H,1,9-12H2,2H3,(H,32,37)(H,31,33,34). The highest BCUT2D eigenvalue weighted by Crippen LogP contribution is 2.33. The molecule has 40 heavy (non-hydrogen) atoms. The second kappa shape index (κ2) is 12.4. The van der Waals surface area contributed by atoms with Gasteiger partial charge in [0.05, 0.1) is 16.4 Å². The van der Waals surface area contributed by atoms with Crippen molar-refractivity contribution in [1.29, 1.82) is 0 Å². The van der Waals surface area contributed by atoms with Crippen LogP contribution in [-0.4, -0.2) is 66.1 Å². The zero-order chi connectivity index (χ0) is 28.9. The molecule has 14 heteroatoms. The highest BCUT2D eigenvalue weighted by Gasteiger charge is 2.43. The number of methoxy groups -OCH3 is 1. The summed E-state index contributed by atoms with van der Waals surface area (Å²) in [5, 5.41) is 5.76. The van der Waals surface area contributed by atoms with E-state index in [0.29, 0.717) is 26.4 Å². The van der Waals surface area contributed by atoms with Crippen molar-refractivity contribution in [2.75, 3.05) is 48.8 Å². The van der Waals surface area contributed by atoms with Gasteiger partial charge in [-0.1, -0.05) is 12.6 Å². The van der Waals surface area contributed by atoms with Gasteiger partial charge in [-0.25, -0.2) is 4.98 Å². The van der Waals surface area contributed by atoms with E-state index in [9.17, 15) is 22.8 Å². The normalized spacial score (nSPS) is 13.4. The van der Waals surface area contributed by atoms with Crippen LogP contribution in [0.1, 0.15) is 0 Å². The molecule has 0 aliphatic carbocycles. The molecule has 4 rings (SSSR count). The van der Waals surface area contributed by atoms with E-state index in [1.165, 1.54) is 13.2 Å². The highest BCUT2D eigenvalue weighted by molar-refractivity contribution is 14.1. The number of ether oxygens (including phenoxy) is 2. The Kier molecular flexibility index (Phi) is 8.96. The quantitative estimate of drug-likeness (QED) is 0.256. The van der Waals surface area contributed by atoms with Crippen LogP contribution >= 0.6 is 22.6 Å². The van der Waals surface area contributed by atoms with E-state index in [-0.39, 0.29) is 43.9 Å². The average Bonchev–Trinajstić information content (AvgIpc) is 2.94. The summed E-state index contributed by atoms with van der Waals surface area (Å²) in [6.07, 6.45) is -2.13. The van der Waals surface area contributed by atoms with Gasteiger partial charge in [-0.3, -0.25) is 9.59 Å². The second-order valence-electron chi connectivity index (χ2n) is 8.46. The van der Waals surface area contributed by atoms with Gasteiger partial charge in [0.2, 0.25) is 17.7 Å². The van der Waals surface area contributed by atoms with E-state index in [2.05, 4.69) is 27.2 Å². The third-order valence-corrected chi connectivity index (χ3v) is 6.56. The van der Waals surface area contributed by atoms with Crippen molar-refractivity contribution < 1.29 is 32.2 Å². The van der Waals surface area contributed by atoms with Gasteiger partial charge in [0.1, 0.15) is 11.5 Å². The number of piperazine rings is 1. The van der Waals surface area contributed by atoms with Gasteiger partial charge in [0.15, 0.2) is 0 Å². The first-order valence-corrected chi connectivity index (χ1v) is 12.9. The number of nitrogens with zero attached hydrogens (tertiary/aromatic N) is 4. The summed E-state index contributed by atoms with van der Waals surface area (Å²) in [6.45, 7) is 3.85. The number of benzene rings is 2. The Bertz CT molecular complexity index is 1410. The average molecular weight is 668 g/mol. The third-order valence-electron chi connectivity index (χ3n) is 5.82. The molecule has 1 aliphatic rings. The molecule has 2 heterocycles. The molecule has 10 nitrogen and oxygen atoms in total. The van der Waals surface area contributed by atoms with E-state index >= 15 is 0 Å². The summed E-state index contributed by atoms with van der Waals surface area (Å²) in [6, 6.07) is 12.1. The van der Waals surface area contributed by atoms with Gasteiger partial charge >= 0.3 is 12.1 Å². The first-order valence-electron chi connectivity index (χ1n) is 11.9. The lowest BCUT2D eigenvalue weighted by molar-refractivity contribution is -0.185. The molecule has 0 spiro atoms. The monoisotopic (exact) mass is 668 g/mol. The summed E-state index contributed by atoms with van der Waals surface area (Å²) >= 11 is 2.04. The van der Waals surface area contributed by atoms with Gasteiger partial charge in [0.25, 0.3) is 0 Å². The van der Waals surface area contributed by atoms with Crippen LogP contribution in [0.15, 0.2) is 61.3 Å². The summed E-state index contributed by atoms with van der Waals surface area (Å²) in [4.78, 5) is 34.5. The minimum Gasteiger partial charge on any atom is -0.494 e. The summed E-state index contributed by atoms with van der Waals surface area (Å²) in [5.41, 5.74) is 1.82. The van der Waals surface area contributed by atoms with Crippen molar-refractivity contribution >= 4 is 57.4 Å². The summed E-state index contributed by atoms with van der Waals surface area (Å²) < 4.78 is 50.3. The van der Waals surface area contributed by atoms with E-state index in [1.54, 1.807) is 48.7 Å². The lowest BCUT2D eigenvalue weighted by Gasteiger charge is -2.36. The van der Waals surface area contributed by atoms with Crippen molar-refractivity contribution in [2.24, 2.45) is 0 Å². The van der Waals surface area contributed by atoms with Crippen LogP contribution in [-0.2, 0) is 9.59 Å². The van der Waals surface area contributed by atoms with Crippen LogP contribution in [0.25, 0.3) is 0 Å². The number of anilines is 4. The first kappa shape index (κ1) is 28.9. The van der Waals surface area contributed by atoms with Crippen LogP contribution in [0.2, 0.25) is 0 Å². The van der Waals surface area contributed by atoms with Gasteiger partial charge < -0.3 is 29.9 Å². The van der Waals surface area contributed by atoms with Crippen molar-refractivity contribution in [2.45, 2.75) is 6.18 Å². The largest absolute Gasteiger partial charge is 0.494 e. The van der Waals surface area contributed by atoms with Crippen molar-refractivity contribution in [3.8, 4) is 17.4 Å². The number of rotatable bonds is 8. The molecule has 3 aromatic rings. The van der Waals surface area contributed by atoms with E-state index in [4.69, 9.17) is 9.47 Å². The van der Waals surface area contributed by atoms with Crippen LogP contribution in [0, 0.1) is 3.57 Å². The van der Waals surface area contributed by atoms with E-state index < -0.39 is 12.1 Å². The number of alkyl halides is 3. The molecule has 0 radical (unpaired) electrons. The number of amides is 2. The molecular formula is C26H24F3IN6O4. The molecular weight excluding hydrogens is 644 g/mol. The van der Waals surface area contributed by atoms with Gasteiger partial charge in [-0.15, -0.1) is 0 Å². The predicted molar refractivity (Wildman–Crippen MR) is 151 cm³/mol. The highest BCUT2D eigenvalue weighted by atomic mass is 127. The number of carbonyl (C=O) groups is 2. The number of nitrogens with one attached hydrogen (secondary N) is 2. The zero-order valence-electron chi connectivity index (χ0n) is 21.2. The Balaban J connectivity index is 1.46. The Morgan fingerprint density at radius 1 is 1.12 bits per heavy atom. The van der Waals surface area contributed by atoms with Gasteiger partial charge in [0, 0.05) is 55.9 Å². The molecule has 210 valence electrons. The molecule has 2 amide bonds. The number of aromatic nitrogens is 2. The topological polar surface area (TPSA) is 109 Å². The van der Waals surface area contributed by atoms with Crippen molar-refractivity contribution in [3.63, 3.8) is 0 Å². The number of hydrogen-bond donors (Lipinski definition) is 2. The maximum absolute atomic E-state index is 12.7. The molecule has 0 bridgehead atoms. The molecule has 0 saturated carbocycles. The predicted octanol–water partition coefficient (Wildman–Crippen LogP) is 4.96. The SMILES string of the molecule is C=CC(=O)Nc1cccc(Oc2nc(Nc3ccc(N4CCN(C(=O)C(F)(F)F)CC4)cc3OC)ncc2I)c1. The Hall–Kier alpha value is -4.08. The lowest BCUT2D eigenvalue weighted by atomic mass is 10.2. The van der Waals surface area contributed by atoms with Crippen LogP contribution < -0.4 is 25.0 Å². The van der Waals surface area contributed by atoms with Crippen molar-refractivity contribution in [1.82, 2.24) is 14.9 Å². The molecule has 0 unspecified atom stereocenters. The van der Waals surface area contributed by atoms with Gasteiger partial charge in [-0.2, -0.15) is 18.2 Å². The maximum Gasteiger partial charge on any atom is 0.471 e. The Morgan fingerprint density at radius 3 is 2.55 bits per heavy atom. The van der Waals surface area contributed by atoms with Crippen LogP contribution in [0.3, 0.4) is 0 Å². The molecule has 1 saturated heterocycles. The molecule has 1 aromatic heterocycles. The summed E-state index contributed by atoms with van der Waals surface area (Å²) in [7, 11) is 1.49. The van der Waals surface area contributed by atoms with Crippen molar-refractivity contribution in [3.05, 3.63) is 64.9 Å². The lowest BCUT2D eigenvalue weighted by Crippen LogP contribution is -2.52. The van der Waals surface area contributed by atoms with Crippen LogP contribution in [0.5, 0.6) is 17.4 Å². The smallest absolute Gasteiger partial charge is 0.471 e. The molecule has 1 aliphatic heterocycles. The Morgan fingerprint density at radius 2 is 1.88 bits per heavy atom. The zero-order valence-corrected chi connectivity index (χ0v) is 23.3.